The Kier molecular flexibility index (Phi) is 7.21. The fraction of sp³-hybridized carbons (Fsp3) is 0.800. The molecule has 0 bridgehead atoms. The third kappa shape index (κ3) is 6.38. The predicted octanol–water partition coefficient (Wildman–Crippen LogP) is 1.50. The van der Waals surface area contributed by atoms with Gasteiger partial charge < -0.3 is 10.4 Å². The molecule has 88 valence electrons. The normalized spacial score (nSPS) is 12.5. The molecule has 1 amide bonds. The number of hydrogen-bond donors (Lipinski definition) is 2. The molecule has 0 aliphatic carbocycles. The van der Waals surface area contributed by atoms with Gasteiger partial charge in [0.25, 0.3) is 0 Å². The van der Waals surface area contributed by atoms with E-state index >= 15 is 0 Å². The van der Waals surface area contributed by atoms with Crippen molar-refractivity contribution in [3.8, 4) is 0 Å². The van der Waals surface area contributed by atoms with E-state index in [1.807, 2.05) is 0 Å². The molecule has 0 spiro atoms. The molecule has 15 heavy (non-hydrogen) atoms. The van der Waals surface area contributed by atoms with Crippen molar-refractivity contribution in [2.24, 2.45) is 0 Å². The molecule has 0 saturated carbocycles. The van der Waals surface area contributed by atoms with Gasteiger partial charge in [-0.1, -0.05) is 13.8 Å². The summed E-state index contributed by atoms with van der Waals surface area (Å²) in [7, 11) is 0. The van der Waals surface area contributed by atoms with Crippen LogP contribution in [-0.4, -0.2) is 34.0 Å². The minimum absolute atomic E-state index is 0.299. The molecule has 4 nitrogen and oxygen atoms in total. The zero-order chi connectivity index (χ0) is 11.8. The van der Waals surface area contributed by atoms with Crippen molar-refractivity contribution in [1.82, 2.24) is 5.32 Å². The highest BCUT2D eigenvalue weighted by Crippen LogP contribution is 2.18. The van der Waals surface area contributed by atoms with Gasteiger partial charge in [-0.15, -0.1) is 0 Å². The Hall–Kier alpha value is -0.710. The zero-order valence-electron chi connectivity index (χ0n) is 9.45. The molecule has 0 saturated heterocycles. The van der Waals surface area contributed by atoms with Crippen LogP contribution >= 0.6 is 11.8 Å². The lowest BCUT2D eigenvalue weighted by molar-refractivity contribution is -0.140. The summed E-state index contributed by atoms with van der Waals surface area (Å²) in [5, 5.41) is 11.7. The lowest BCUT2D eigenvalue weighted by Gasteiger charge is -2.16. The number of carbonyl (C=O) groups is 2. The quantitative estimate of drug-likeness (QED) is 0.699. The Bertz CT molecular complexity index is 217. The van der Waals surface area contributed by atoms with E-state index in [9.17, 15) is 9.59 Å². The lowest BCUT2D eigenvalue weighted by Crippen LogP contribution is -2.41. The second-order valence-electron chi connectivity index (χ2n) is 3.36. The Morgan fingerprint density at radius 3 is 2.20 bits per heavy atom. The maximum absolute atomic E-state index is 10.8. The highest BCUT2D eigenvalue weighted by atomic mass is 32.2. The van der Waals surface area contributed by atoms with Gasteiger partial charge >= 0.3 is 5.97 Å². The van der Waals surface area contributed by atoms with Crippen LogP contribution < -0.4 is 5.32 Å². The first kappa shape index (κ1) is 14.3. The first-order valence-electron chi connectivity index (χ1n) is 5.12. The van der Waals surface area contributed by atoms with Gasteiger partial charge in [-0.05, 0) is 12.8 Å². The molecule has 0 radical (unpaired) electrons. The summed E-state index contributed by atoms with van der Waals surface area (Å²) in [4.78, 5) is 21.6. The van der Waals surface area contributed by atoms with Crippen molar-refractivity contribution in [3.63, 3.8) is 0 Å². The maximum Gasteiger partial charge on any atom is 0.327 e. The standard InChI is InChI=1S/C10H19NO3S/c1-4-8(5-2)15-6-9(10(13)14)11-7(3)12/h8-9H,4-6H2,1-3H3,(H,11,12)(H,13,14). The van der Waals surface area contributed by atoms with Crippen LogP contribution in [0.3, 0.4) is 0 Å². The van der Waals surface area contributed by atoms with Crippen molar-refractivity contribution >= 4 is 23.6 Å². The van der Waals surface area contributed by atoms with E-state index in [2.05, 4.69) is 19.2 Å². The van der Waals surface area contributed by atoms with Gasteiger partial charge in [0.15, 0.2) is 0 Å². The van der Waals surface area contributed by atoms with Crippen LogP contribution in [0.1, 0.15) is 33.6 Å². The van der Waals surface area contributed by atoms with Crippen molar-refractivity contribution in [3.05, 3.63) is 0 Å². The van der Waals surface area contributed by atoms with Crippen molar-refractivity contribution in [2.75, 3.05) is 5.75 Å². The van der Waals surface area contributed by atoms with Gasteiger partial charge in [0.05, 0.1) is 0 Å². The van der Waals surface area contributed by atoms with Gasteiger partial charge in [0, 0.05) is 17.9 Å². The molecule has 0 aromatic heterocycles. The van der Waals surface area contributed by atoms with Gasteiger partial charge in [-0.25, -0.2) is 4.79 Å². The summed E-state index contributed by atoms with van der Waals surface area (Å²) in [5.74, 6) is -0.836. The van der Waals surface area contributed by atoms with Crippen molar-refractivity contribution < 1.29 is 14.7 Å². The summed E-state index contributed by atoms with van der Waals surface area (Å²) in [6.45, 7) is 5.49. The fourth-order valence-electron chi connectivity index (χ4n) is 1.18. The van der Waals surface area contributed by atoms with Crippen LogP contribution in [0.25, 0.3) is 0 Å². The average Bonchev–Trinajstić information content (AvgIpc) is 2.16. The minimum Gasteiger partial charge on any atom is -0.480 e. The first-order chi connectivity index (χ1) is 7.01. The van der Waals surface area contributed by atoms with Gasteiger partial charge in [0.2, 0.25) is 5.91 Å². The van der Waals surface area contributed by atoms with E-state index in [0.29, 0.717) is 11.0 Å². The van der Waals surface area contributed by atoms with Crippen molar-refractivity contribution in [1.29, 1.82) is 0 Å². The van der Waals surface area contributed by atoms with Crippen LogP contribution in [0, 0.1) is 0 Å². The number of carboxylic acid groups (broad SMARTS) is 1. The molecule has 0 aliphatic rings. The summed E-state index contributed by atoms with van der Waals surface area (Å²) in [5.41, 5.74) is 0. The summed E-state index contributed by atoms with van der Waals surface area (Å²) < 4.78 is 0. The number of aliphatic carboxylic acids is 1. The lowest BCUT2D eigenvalue weighted by atomic mass is 10.3. The van der Waals surface area contributed by atoms with E-state index < -0.39 is 12.0 Å². The Labute approximate surface area is 94.8 Å². The van der Waals surface area contributed by atoms with Gasteiger partial charge in [-0.3, -0.25) is 4.79 Å². The molecule has 5 heteroatoms. The van der Waals surface area contributed by atoms with Crippen LogP contribution in [-0.2, 0) is 9.59 Å². The number of carboxylic acids is 1. The molecule has 1 atom stereocenters. The molecule has 0 heterocycles. The number of carbonyl (C=O) groups excluding carboxylic acids is 1. The Morgan fingerprint density at radius 1 is 1.33 bits per heavy atom. The molecule has 1 unspecified atom stereocenters. The molecular formula is C10H19NO3S. The Balaban J connectivity index is 4.06. The smallest absolute Gasteiger partial charge is 0.327 e. The zero-order valence-corrected chi connectivity index (χ0v) is 10.3. The average molecular weight is 233 g/mol. The molecule has 0 aromatic rings. The number of hydrogen-bond acceptors (Lipinski definition) is 3. The van der Waals surface area contributed by atoms with Crippen LogP contribution in [0.2, 0.25) is 0 Å². The number of thioether (sulfide) groups is 1. The monoisotopic (exact) mass is 233 g/mol. The summed E-state index contributed by atoms with van der Waals surface area (Å²) in [6, 6.07) is -0.770. The third-order valence-corrected chi connectivity index (χ3v) is 3.75. The number of rotatable bonds is 7. The van der Waals surface area contributed by atoms with E-state index in [1.54, 1.807) is 11.8 Å². The SMILES string of the molecule is CCC(CC)SCC(NC(C)=O)C(=O)O. The van der Waals surface area contributed by atoms with E-state index in [0.717, 1.165) is 12.8 Å². The van der Waals surface area contributed by atoms with Crippen LogP contribution in [0.5, 0.6) is 0 Å². The molecule has 2 N–H and O–H groups in total. The molecular weight excluding hydrogens is 214 g/mol. The van der Waals surface area contributed by atoms with Crippen molar-refractivity contribution in [2.45, 2.75) is 44.9 Å². The van der Waals surface area contributed by atoms with E-state index in [4.69, 9.17) is 5.11 Å². The number of nitrogens with one attached hydrogen (secondary N) is 1. The third-order valence-electron chi connectivity index (χ3n) is 2.08. The van der Waals surface area contributed by atoms with Crippen LogP contribution in [0.4, 0.5) is 0 Å². The van der Waals surface area contributed by atoms with Crippen LogP contribution in [0.15, 0.2) is 0 Å². The summed E-state index contributed by atoms with van der Waals surface area (Å²) >= 11 is 1.60. The Morgan fingerprint density at radius 2 is 1.87 bits per heavy atom. The van der Waals surface area contributed by atoms with Gasteiger partial charge in [-0.2, -0.15) is 11.8 Å². The minimum atomic E-state index is -0.969. The largest absolute Gasteiger partial charge is 0.480 e. The second kappa shape index (κ2) is 7.56. The van der Waals surface area contributed by atoms with E-state index in [1.165, 1.54) is 6.92 Å². The number of amides is 1. The first-order valence-corrected chi connectivity index (χ1v) is 6.17. The molecule has 0 aromatic carbocycles. The second-order valence-corrected chi connectivity index (χ2v) is 4.70. The van der Waals surface area contributed by atoms with Gasteiger partial charge in [0.1, 0.15) is 6.04 Å². The highest BCUT2D eigenvalue weighted by Gasteiger charge is 2.19. The fourth-order valence-corrected chi connectivity index (χ4v) is 2.34. The molecule has 0 fully saturated rings. The predicted molar refractivity (Wildman–Crippen MR) is 62.1 cm³/mol. The highest BCUT2D eigenvalue weighted by molar-refractivity contribution is 7.99. The molecule has 0 rings (SSSR count). The maximum atomic E-state index is 10.8. The summed E-state index contributed by atoms with van der Waals surface area (Å²) in [6.07, 6.45) is 2.04. The molecule has 0 aliphatic heterocycles. The van der Waals surface area contributed by atoms with E-state index in [-0.39, 0.29) is 5.91 Å². The topological polar surface area (TPSA) is 66.4 Å².